The van der Waals surface area contributed by atoms with Crippen molar-refractivity contribution in [3.8, 4) is 11.5 Å². The molecule has 0 saturated heterocycles. The predicted octanol–water partition coefficient (Wildman–Crippen LogP) is 0.785. The number of hydrogen-bond acceptors (Lipinski definition) is 4. The van der Waals surface area contributed by atoms with E-state index in [-0.39, 0.29) is 18.4 Å². The zero-order chi connectivity index (χ0) is 15.4. The first-order valence-electron chi connectivity index (χ1n) is 7.65. The van der Waals surface area contributed by atoms with Gasteiger partial charge in [-0.3, -0.25) is 9.59 Å². The van der Waals surface area contributed by atoms with E-state index in [0.717, 1.165) is 29.9 Å². The van der Waals surface area contributed by atoms with Crippen LogP contribution in [0, 0.1) is 0 Å². The van der Waals surface area contributed by atoms with E-state index in [1.54, 1.807) is 0 Å². The van der Waals surface area contributed by atoms with Gasteiger partial charge in [0.05, 0.1) is 6.54 Å². The van der Waals surface area contributed by atoms with E-state index >= 15 is 0 Å². The molecule has 1 aromatic carbocycles. The highest BCUT2D eigenvalue weighted by Crippen LogP contribution is 2.31. The van der Waals surface area contributed by atoms with Crippen LogP contribution in [0.2, 0.25) is 0 Å². The molecule has 118 valence electrons. The van der Waals surface area contributed by atoms with E-state index < -0.39 is 0 Å². The van der Waals surface area contributed by atoms with E-state index in [0.29, 0.717) is 32.1 Å². The SMILES string of the molecule is O=C(CCc1ccc2c(c1)OCCO2)NCC(=O)NC1CC1. The summed E-state index contributed by atoms with van der Waals surface area (Å²) in [4.78, 5) is 23.2. The van der Waals surface area contributed by atoms with Gasteiger partial charge in [-0.15, -0.1) is 0 Å². The van der Waals surface area contributed by atoms with Gasteiger partial charge in [0.1, 0.15) is 13.2 Å². The van der Waals surface area contributed by atoms with E-state index in [1.165, 1.54) is 0 Å². The fourth-order valence-corrected chi connectivity index (χ4v) is 2.27. The number of fused-ring (bicyclic) bond motifs is 1. The van der Waals surface area contributed by atoms with Crippen LogP contribution in [0.5, 0.6) is 11.5 Å². The number of benzene rings is 1. The minimum Gasteiger partial charge on any atom is -0.486 e. The van der Waals surface area contributed by atoms with Crippen molar-refractivity contribution in [2.75, 3.05) is 19.8 Å². The highest BCUT2D eigenvalue weighted by atomic mass is 16.6. The van der Waals surface area contributed by atoms with Gasteiger partial charge in [-0.2, -0.15) is 0 Å². The maximum absolute atomic E-state index is 11.8. The van der Waals surface area contributed by atoms with Crippen LogP contribution in [0.4, 0.5) is 0 Å². The van der Waals surface area contributed by atoms with Crippen molar-refractivity contribution < 1.29 is 19.1 Å². The molecule has 2 amide bonds. The molecule has 6 heteroatoms. The van der Waals surface area contributed by atoms with Crippen LogP contribution in [-0.2, 0) is 16.0 Å². The Morgan fingerprint density at radius 3 is 2.64 bits per heavy atom. The lowest BCUT2D eigenvalue weighted by Gasteiger charge is -2.18. The van der Waals surface area contributed by atoms with E-state index in [4.69, 9.17) is 9.47 Å². The summed E-state index contributed by atoms with van der Waals surface area (Å²) in [7, 11) is 0. The largest absolute Gasteiger partial charge is 0.486 e. The van der Waals surface area contributed by atoms with E-state index in [9.17, 15) is 9.59 Å². The van der Waals surface area contributed by atoms with Crippen molar-refractivity contribution in [1.82, 2.24) is 10.6 Å². The third kappa shape index (κ3) is 4.13. The number of rotatable bonds is 6. The second kappa shape index (κ2) is 6.68. The van der Waals surface area contributed by atoms with Gasteiger partial charge in [0.25, 0.3) is 0 Å². The van der Waals surface area contributed by atoms with Crippen molar-refractivity contribution in [2.24, 2.45) is 0 Å². The molecule has 0 atom stereocenters. The van der Waals surface area contributed by atoms with Crippen molar-refractivity contribution in [3.05, 3.63) is 23.8 Å². The van der Waals surface area contributed by atoms with E-state index in [1.807, 2.05) is 18.2 Å². The average molecular weight is 304 g/mol. The highest BCUT2D eigenvalue weighted by molar-refractivity contribution is 5.85. The summed E-state index contributed by atoms with van der Waals surface area (Å²) in [6.07, 6.45) is 3.04. The van der Waals surface area contributed by atoms with Crippen LogP contribution >= 0.6 is 0 Å². The monoisotopic (exact) mass is 304 g/mol. The Kier molecular flexibility index (Phi) is 4.46. The minimum atomic E-state index is -0.124. The van der Waals surface area contributed by atoms with Gasteiger partial charge in [-0.05, 0) is 37.0 Å². The molecular formula is C16H20N2O4. The first-order chi connectivity index (χ1) is 10.7. The fraction of sp³-hybridized carbons (Fsp3) is 0.500. The van der Waals surface area contributed by atoms with Gasteiger partial charge < -0.3 is 20.1 Å². The smallest absolute Gasteiger partial charge is 0.239 e. The quantitative estimate of drug-likeness (QED) is 0.814. The molecule has 0 bridgehead atoms. The zero-order valence-electron chi connectivity index (χ0n) is 12.4. The molecule has 3 rings (SSSR count). The van der Waals surface area contributed by atoms with Crippen LogP contribution < -0.4 is 20.1 Å². The molecule has 0 radical (unpaired) electrons. The van der Waals surface area contributed by atoms with Crippen LogP contribution in [0.3, 0.4) is 0 Å². The summed E-state index contributed by atoms with van der Waals surface area (Å²) >= 11 is 0. The maximum Gasteiger partial charge on any atom is 0.239 e. The molecule has 2 aliphatic rings. The second-order valence-corrected chi connectivity index (χ2v) is 5.60. The normalized spacial score (nSPS) is 16.0. The van der Waals surface area contributed by atoms with Crippen LogP contribution in [0.15, 0.2) is 18.2 Å². The number of amides is 2. The Morgan fingerprint density at radius 1 is 1.09 bits per heavy atom. The number of hydrogen-bond donors (Lipinski definition) is 2. The summed E-state index contributed by atoms with van der Waals surface area (Å²) in [6.45, 7) is 1.17. The summed E-state index contributed by atoms with van der Waals surface area (Å²) in [6, 6.07) is 6.02. The molecule has 6 nitrogen and oxygen atoms in total. The van der Waals surface area contributed by atoms with Crippen LogP contribution in [0.1, 0.15) is 24.8 Å². The third-order valence-corrected chi connectivity index (χ3v) is 3.64. The Bertz CT molecular complexity index is 569. The summed E-state index contributed by atoms with van der Waals surface area (Å²) in [5.74, 6) is 1.24. The van der Waals surface area contributed by atoms with Gasteiger partial charge in [0.2, 0.25) is 11.8 Å². The lowest BCUT2D eigenvalue weighted by Crippen LogP contribution is -2.37. The average Bonchev–Trinajstić information content (AvgIpc) is 3.34. The first-order valence-corrected chi connectivity index (χ1v) is 7.65. The van der Waals surface area contributed by atoms with Crippen molar-refractivity contribution in [2.45, 2.75) is 31.7 Å². The Morgan fingerprint density at radius 2 is 1.86 bits per heavy atom. The molecule has 0 spiro atoms. The standard InChI is InChI=1S/C16H20N2O4/c19-15(17-10-16(20)18-12-3-4-12)6-2-11-1-5-13-14(9-11)22-8-7-21-13/h1,5,9,12H,2-4,6-8,10H2,(H,17,19)(H,18,20). The van der Waals surface area contributed by atoms with E-state index in [2.05, 4.69) is 10.6 Å². The molecule has 2 N–H and O–H groups in total. The molecule has 22 heavy (non-hydrogen) atoms. The van der Waals surface area contributed by atoms with Crippen LogP contribution in [0.25, 0.3) is 0 Å². The molecule has 1 aliphatic carbocycles. The van der Waals surface area contributed by atoms with Gasteiger partial charge >= 0.3 is 0 Å². The minimum absolute atomic E-state index is 0.0521. The summed E-state index contributed by atoms with van der Waals surface area (Å²) in [5, 5.41) is 5.47. The Labute approximate surface area is 129 Å². The highest BCUT2D eigenvalue weighted by Gasteiger charge is 2.23. The zero-order valence-corrected chi connectivity index (χ0v) is 12.4. The first kappa shape index (κ1) is 14.7. The maximum atomic E-state index is 11.8. The summed E-state index contributed by atoms with van der Waals surface area (Å²) in [5.41, 5.74) is 1.02. The molecule has 1 saturated carbocycles. The second-order valence-electron chi connectivity index (χ2n) is 5.60. The molecule has 1 aromatic rings. The van der Waals surface area contributed by atoms with Crippen LogP contribution in [-0.4, -0.2) is 37.6 Å². The predicted molar refractivity (Wildman–Crippen MR) is 79.9 cm³/mol. The topological polar surface area (TPSA) is 76.7 Å². The molecule has 0 unspecified atom stereocenters. The van der Waals surface area contributed by atoms with Gasteiger partial charge in [0.15, 0.2) is 11.5 Å². The molecule has 1 heterocycles. The fourth-order valence-electron chi connectivity index (χ4n) is 2.27. The van der Waals surface area contributed by atoms with Crippen molar-refractivity contribution >= 4 is 11.8 Å². The number of carbonyl (C=O) groups excluding carboxylic acids is 2. The van der Waals surface area contributed by atoms with Crippen molar-refractivity contribution in [1.29, 1.82) is 0 Å². The van der Waals surface area contributed by atoms with Crippen molar-refractivity contribution in [3.63, 3.8) is 0 Å². The third-order valence-electron chi connectivity index (χ3n) is 3.64. The Hall–Kier alpha value is -2.24. The molecule has 0 aromatic heterocycles. The lowest BCUT2D eigenvalue weighted by molar-refractivity contribution is -0.126. The van der Waals surface area contributed by atoms with Gasteiger partial charge in [-0.25, -0.2) is 0 Å². The Balaban J connectivity index is 1.41. The number of nitrogens with one attached hydrogen (secondary N) is 2. The number of carbonyl (C=O) groups is 2. The molecular weight excluding hydrogens is 284 g/mol. The summed E-state index contributed by atoms with van der Waals surface area (Å²) < 4.78 is 11.0. The molecule has 1 aliphatic heterocycles. The number of aryl methyl sites for hydroxylation is 1. The van der Waals surface area contributed by atoms with Gasteiger partial charge in [-0.1, -0.05) is 6.07 Å². The number of ether oxygens (including phenoxy) is 2. The lowest BCUT2D eigenvalue weighted by atomic mass is 10.1. The molecule has 1 fully saturated rings. The van der Waals surface area contributed by atoms with Gasteiger partial charge in [0, 0.05) is 12.5 Å².